The van der Waals surface area contributed by atoms with Crippen LogP contribution in [0.3, 0.4) is 0 Å². The van der Waals surface area contributed by atoms with Gasteiger partial charge < -0.3 is 5.32 Å². The second-order valence-electron chi connectivity index (χ2n) is 5.18. The molecular formula is C16H21N5S. The van der Waals surface area contributed by atoms with Gasteiger partial charge in [0.05, 0.1) is 18.5 Å². The largest absolute Gasteiger partial charge is 0.364 e. The summed E-state index contributed by atoms with van der Waals surface area (Å²) < 4.78 is 2.00. The minimum absolute atomic E-state index is 0.485. The Morgan fingerprint density at radius 2 is 1.95 bits per heavy atom. The second-order valence-corrected chi connectivity index (χ2v) is 5.59. The summed E-state index contributed by atoms with van der Waals surface area (Å²) in [6.07, 6.45) is 1.76. The summed E-state index contributed by atoms with van der Waals surface area (Å²) in [5.74, 6) is 0. The Bertz CT molecular complexity index is 685. The van der Waals surface area contributed by atoms with Gasteiger partial charge in [-0.1, -0.05) is 29.8 Å². The molecule has 2 aromatic rings. The van der Waals surface area contributed by atoms with Crippen LogP contribution in [0.1, 0.15) is 28.1 Å². The number of aromatic nitrogens is 2. The quantitative estimate of drug-likeness (QED) is 0.516. The number of nitrogens with zero attached hydrogens (tertiary/aromatic N) is 3. The number of hydrogen-bond acceptors (Lipinski definition) is 3. The number of thiocarbonyl (C=S) groups is 1. The predicted molar refractivity (Wildman–Crippen MR) is 94.4 cm³/mol. The van der Waals surface area contributed by atoms with Crippen molar-refractivity contribution in [1.29, 1.82) is 0 Å². The van der Waals surface area contributed by atoms with Crippen LogP contribution in [-0.4, -0.2) is 28.2 Å². The molecule has 0 bridgehead atoms. The van der Waals surface area contributed by atoms with Gasteiger partial charge in [0.1, 0.15) is 0 Å². The lowest BCUT2D eigenvalue weighted by atomic mass is 10.1. The minimum Gasteiger partial charge on any atom is -0.364 e. The van der Waals surface area contributed by atoms with Gasteiger partial charge in [0.15, 0.2) is 5.11 Å². The van der Waals surface area contributed by atoms with Crippen molar-refractivity contribution < 1.29 is 0 Å². The van der Waals surface area contributed by atoms with Crippen molar-refractivity contribution in [2.45, 2.75) is 27.3 Å². The summed E-state index contributed by atoms with van der Waals surface area (Å²) in [6, 6.07) is 8.50. The molecule has 0 aliphatic heterocycles. The maximum absolute atomic E-state index is 4.98. The Hall–Kier alpha value is -2.21. The molecule has 2 rings (SSSR count). The molecule has 0 saturated carbocycles. The van der Waals surface area contributed by atoms with E-state index in [-0.39, 0.29) is 0 Å². The third-order valence-electron chi connectivity index (χ3n) is 3.48. The topological polar surface area (TPSA) is 54.2 Å². The summed E-state index contributed by atoms with van der Waals surface area (Å²) in [4.78, 5) is 0. The fourth-order valence-electron chi connectivity index (χ4n) is 2.13. The standard InChI is InChI=1S/C16H21N5S/c1-11-5-7-14(8-6-11)10-21-13(3)15(12(2)20-21)9-18-19-16(22)17-4/h5-9H,10H2,1-4H3,(H2,17,19,22)/b18-9-. The molecule has 116 valence electrons. The zero-order chi connectivity index (χ0) is 16.1. The predicted octanol–water partition coefficient (Wildman–Crippen LogP) is 2.28. The number of benzene rings is 1. The summed E-state index contributed by atoms with van der Waals surface area (Å²) in [7, 11) is 1.75. The van der Waals surface area contributed by atoms with Gasteiger partial charge in [-0.2, -0.15) is 10.2 Å². The zero-order valence-electron chi connectivity index (χ0n) is 13.3. The average Bonchev–Trinajstić information content (AvgIpc) is 2.76. The van der Waals surface area contributed by atoms with Crippen LogP contribution in [0, 0.1) is 20.8 Å². The molecular weight excluding hydrogens is 294 g/mol. The van der Waals surface area contributed by atoms with Gasteiger partial charge in [-0.15, -0.1) is 0 Å². The van der Waals surface area contributed by atoms with Gasteiger partial charge in [0.2, 0.25) is 0 Å². The normalized spacial score (nSPS) is 10.9. The maximum Gasteiger partial charge on any atom is 0.186 e. The molecule has 0 unspecified atom stereocenters. The van der Waals surface area contributed by atoms with Crippen LogP contribution >= 0.6 is 12.2 Å². The molecule has 0 atom stereocenters. The monoisotopic (exact) mass is 315 g/mol. The summed E-state index contributed by atoms with van der Waals surface area (Å²) in [5.41, 5.74) is 8.29. The van der Waals surface area contributed by atoms with Crippen LogP contribution in [0.4, 0.5) is 0 Å². The van der Waals surface area contributed by atoms with Gasteiger partial charge in [-0.3, -0.25) is 10.1 Å². The van der Waals surface area contributed by atoms with Crippen molar-refractivity contribution in [3.8, 4) is 0 Å². The number of rotatable bonds is 4. The van der Waals surface area contributed by atoms with E-state index in [0.29, 0.717) is 5.11 Å². The molecule has 0 spiro atoms. The molecule has 6 heteroatoms. The van der Waals surface area contributed by atoms with E-state index in [2.05, 4.69) is 52.1 Å². The zero-order valence-corrected chi connectivity index (χ0v) is 14.2. The van der Waals surface area contributed by atoms with Crippen LogP contribution in [0.15, 0.2) is 29.4 Å². The molecule has 0 aliphatic rings. The lowest BCUT2D eigenvalue weighted by Gasteiger charge is -2.05. The van der Waals surface area contributed by atoms with Gasteiger partial charge in [-0.25, -0.2) is 0 Å². The molecule has 0 fully saturated rings. The third-order valence-corrected chi connectivity index (χ3v) is 3.77. The molecule has 0 amide bonds. The first-order valence-corrected chi connectivity index (χ1v) is 7.52. The van der Waals surface area contributed by atoms with E-state index < -0.39 is 0 Å². The van der Waals surface area contributed by atoms with Crippen LogP contribution in [-0.2, 0) is 6.54 Å². The fraction of sp³-hybridized carbons (Fsp3) is 0.312. The first-order valence-electron chi connectivity index (χ1n) is 7.11. The summed E-state index contributed by atoms with van der Waals surface area (Å²) >= 11 is 4.98. The Kier molecular flexibility index (Phi) is 5.27. The highest BCUT2D eigenvalue weighted by Crippen LogP contribution is 2.13. The Balaban J connectivity index is 2.16. The first-order chi connectivity index (χ1) is 10.5. The van der Waals surface area contributed by atoms with Crippen molar-refractivity contribution >= 4 is 23.5 Å². The summed E-state index contributed by atoms with van der Waals surface area (Å²) in [5, 5.41) is 12.0. The minimum atomic E-state index is 0.485. The lowest BCUT2D eigenvalue weighted by molar-refractivity contribution is 0.659. The number of aryl methyl sites for hydroxylation is 2. The van der Waals surface area contributed by atoms with Gasteiger partial charge in [0.25, 0.3) is 0 Å². The fourth-order valence-corrected chi connectivity index (χ4v) is 2.18. The molecule has 1 heterocycles. The van der Waals surface area contributed by atoms with E-state index in [9.17, 15) is 0 Å². The maximum atomic E-state index is 4.98. The average molecular weight is 315 g/mol. The van der Waals surface area contributed by atoms with Crippen LogP contribution in [0.2, 0.25) is 0 Å². The molecule has 22 heavy (non-hydrogen) atoms. The molecule has 1 aromatic heterocycles. The number of hydrogen-bond donors (Lipinski definition) is 2. The van der Waals surface area contributed by atoms with Crippen molar-refractivity contribution in [2.75, 3.05) is 7.05 Å². The van der Waals surface area contributed by atoms with E-state index in [0.717, 1.165) is 23.5 Å². The summed E-state index contributed by atoms with van der Waals surface area (Å²) in [6.45, 7) is 6.87. The Morgan fingerprint density at radius 3 is 2.59 bits per heavy atom. The van der Waals surface area contributed by atoms with Crippen molar-refractivity contribution in [2.24, 2.45) is 5.10 Å². The SMILES string of the molecule is CNC(=S)N/N=C\c1c(C)nn(Cc2ccc(C)cc2)c1C. The van der Waals surface area contributed by atoms with Crippen LogP contribution < -0.4 is 10.7 Å². The van der Waals surface area contributed by atoms with Crippen molar-refractivity contribution in [3.63, 3.8) is 0 Å². The molecule has 1 aromatic carbocycles. The Morgan fingerprint density at radius 1 is 1.27 bits per heavy atom. The molecule has 0 saturated heterocycles. The second kappa shape index (κ2) is 7.17. The van der Waals surface area contributed by atoms with Gasteiger partial charge in [-0.05, 0) is 38.6 Å². The van der Waals surface area contributed by atoms with E-state index in [4.69, 9.17) is 12.2 Å². The highest BCUT2D eigenvalue weighted by atomic mass is 32.1. The number of hydrazone groups is 1. The van der Waals surface area contributed by atoms with Crippen molar-refractivity contribution in [1.82, 2.24) is 20.5 Å². The highest BCUT2D eigenvalue weighted by Gasteiger charge is 2.10. The van der Waals surface area contributed by atoms with E-state index in [1.54, 1.807) is 13.3 Å². The van der Waals surface area contributed by atoms with Crippen molar-refractivity contribution in [3.05, 3.63) is 52.3 Å². The van der Waals surface area contributed by atoms with E-state index >= 15 is 0 Å². The van der Waals surface area contributed by atoms with E-state index in [1.165, 1.54) is 11.1 Å². The van der Waals surface area contributed by atoms with Gasteiger partial charge >= 0.3 is 0 Å². The first kappa shape index (κ1) is 16.2. The molecule has 0 aliphatic carbocycles. The molecule has 2 N–H and O–H groups in total. The van der Waals surface area contributed by atoms with Crippen LogP contribution in [0.25, 0.3) is 0 Å². The Labute approximate surface area is 136 Å². The van der Waals surface area contributed by atoms with Crippen LogP contribution in [0.5, 0.6) is 0 Å². The molecule has 0 radical (unpaired) electrons. The number of nitrogens with one attached hydrogen (secondary N) is 2. The van der Waals surface area contributed by atoms with E-state index in [1.807, 2.05) is 18.5 Å². The smallest absolute Gasteiger partial charge is 0.186 e. The van der Waals surface area contributed by atoms with Gasteiger partial charge in [0, 0.05) is 18.3 Å². The lowest BCUT2D eigenvalue weighted by Crippen LogP contribution is -2.28. The highest BCUT2D eigenvalue weighted by molar-refractivity contribution is 7.80. The third kappa shape index (κ3) is 3.92. The molecule has 5 nitrogen and oxygen atoms in total.